The quantitative estimate of drug-likeness (QED) is 0.649. The highest BCUT2D eigenvalue weighted by molar-refractivity contribution is 7.89. The van der Waals surface area contributed by atoms with Gasteiger partial charge in [0.1, 0.15) is 0 Å². The van der Waals surface area contributed by atoms with Gasteiger partial charge in [0, 0.05) is 31.9 Å². The van der Waals surface area contributed by atoms with Gasteiger partial charge in [-0.3, -0.25) is 4.79 Å². The van der Waals surface area contributed by atoms with Crippen molar-refractivity contribution in [2.45, 2.75) is 48.8 Å². The lowest BCUT2D eigenvalue weighted by Gasteiger charge is -2.31. The van der Waals surface area contributed by atoms with Crippen molar-refractivity contribution in [3.05, 3.63) is 54.1 Å². The van der Waals surface area contributed by atoms with Crippen LogP contribution < -0.4 is 5.32 Å². The van der Waals surface area contributed by atoms with Crippen molar-refractivity contribution >= 4 is 31.6 Å². The van der Waals surface area contributed by atoms with Gasteiger partial charge in [-0.05, 0) is 69.0 Å². The van der Waals surface area contributed by atoms with Gasteiger partial charge in [0.25, 0.3) is 0 Å². The van der Waals surface area contributed by atoms with E-state index in [1.54, 1.807) is 36.4 Å². The number of hydrogen-bond acceptors (Lipinski definition) is 5. The van der Waals surface area contributed by atoms with Crippen LogP contribution in [0.4, 0.5) is 5.69 Å². The van der Waals surface area contributed by atoms with E-state index in [0.717, 1.165) is 24.8 Å². The number of carbonyl (C=O) groups is 1. The van der Waals surface area contributed by atoms with E-state index in [4.69, 9.17) is 0 Å². The highest BCUT2D eigenvalue weighted by Crippen LogP contribution is 2.26. The molecule has 0 aromatic heterocycles. The molecule has 0 spiro atoms. The van der Waals surface area contributed by atoms with Crippen LogP contribution in [-0.4, -0.2) is 57.5 Å². The lowest BCUT2D eigenvalue weighted by molar-refractivity contribution is -0.120. The van der Waals surface area contributed by atoms with Crippen molar-refractivity contribution in [1.82, 2.24) is 8.61 Å². The van der Waals surface area contributed by atoms with Crippen LogP contribution in [0, 0.1) is 12.8 Å². The van der Waals surface area contributed by atoms with Gasteiger partial charge < -0.3 is 5.32 Å². The predicted molar refractivity (Wildman–Crippen MR) is 130 cm³/mol. The van der Waals surface area contributed by atoms with Crippen molar-refractivity contribution in [2.24, 2.45) is 5.92 Å². The first-order valence-corrected chi connectivity index (χ1v) is 14.5. The molecular formula is C24H31N3O5S2. The average molecular weight is 506 g/mol. The maximum atomic E-state index is 13.0. The normalized spacial score (nSPS) is 20.7. The van der Waals surface area contributed by atoms with Gasteiger partial charge in [-0.2, -0.15) is 8.61 Å². The zero-order valence-electron chi connectivity index (χ0n) is 19.3. The number of benzene rings is 2. The Hall–Kier alpha value is -2.27. The van der Waals surface area contributed by atoms with Crippen LogP contribution in [-0.2, 0) is 24.8 Å². The molecule has 2 aliphatic rings. The minimum absolute atomic E-state index is 0.115. The van der Waals surface area contributed by atoms with E-state index in [1.165, 1.54) is 20.7 Å². The third kappa shape index (κ3) is 5.35. The molecule has 2 fully saturated rings. The zero-order valence-corrected chi connectivity index (χ0v) is 20.9. The van der Waals surface area contributed by atoms with Crippen LogP contribution >= 0.6 is 0 Å². The maximum absolute atomic E-state index is 13.0. The molecule has 2 saturated heterocycles. The summed E-state index contributed by atoms with van der Waals surface area (Å²) in [6.45, 7) is 3.45. The van der Waals surface area contributed by atoms with E-state index >= 15 is 0 Å². The molecule has 1 atom stereocenters. The molecule has 2 heterocycles. The number of piperidine rings is 2. The number of aryl methyl sites for hydroxylation is 1. The first-order chi connectivity index (χ1) is 16.2. The Kier molecular flexibility index (Phi) is 7.42. The second kappa shape index (κ2) is 10.2. The number of carbonyl (C=O) groups excluding carboxylic acids is 1. The predicted octanol–water partition coefficient (Wildman–Crippen LogP) is 3.21. The molecule has 1 N–H and O–H groups in total. The minimum Gasteiger partial charge on any atom is -0.326 e. The standard InChI is InChI=1S/C24H31N3O5S2/c1-19-7-11-22(12-8-19)34(31,32)27-17-5-6-20(18-27)24(28)25-21-9-13-23(14-10-21)33(29,30)26-15-3-2-4-16-26/h7-14,20H,2-6,15-18H2,1H3,(H,25,28)/t20-/m0/s1. The highest BCUT2D eigenvalue weighted by atomic mass is 32.2. The zero-order chi connectivity index (χ0) is 24.3. The molecule has 8 nitrogen and oxygen atoms in total. The molecule has 2 aliphatic heterocycles. The van der Waals surface area contributed by atoms with Gasteiger partial charge in [-0.15, -0.1) is 0 Å². The lowest BCUT2D eigenvalue weighted by atomic mass is 9.99. The van der Waals surface area contributed by atoms with Crippen molar-refractivity contribution in [3.8, 4) is 0 Å². The Morgan fingerprint density at radius 2 is 1.29 bits per heavy atom. The van der Waals surface area contributed by atoms with E-state index in [0.29, 0.717) is 38.2 Å². The van der Waals surface area contributed by atoms with Crippen molar-refractivity contribution < 1.29 is 21.6 Å². The topological polar surface area (TPSA) is 104 Å². The summed E-state index contributed by atoms with van der Waals surface area (Å²) >= 11 is 0. The molecule has 4 rings (SSSR count). The molecule has 0 bridgehead atoms. The highest BCUT2D eigenvalue weighted by Gasteiger charge is 2.33. The summed E-state index contributed by atoms with van der Waals surface area (Å²) in [4.78, 5) is 13.3. The van der Waals surface area contributed by atoms with E-state index in [1.807, 2.05) is 6.92 Å². The Morgan fingerprint density at radius 1 is 0.765 bits per heavy atom. The number of nitrogens with one attached hydrogen (secondary N) is 1. The summed E-state index contributed by atoms with van der Waals surface area (Å²) in [5.74, 6) is -0.749. The summed E-state index contributed by atoms with van der Waals surface area (Å²) < 4.78 is 54.5. The number of hydrogen-bond donors (Lipinski definition) is 1. The SMILES string of the molecule is Cc1ccc(S(=O)(=O)N2CCC[C@H](C(=O)Nc3ccc(S(=O)(=O)N4CCCCC4)cc3)C2)cc1. The van der Waals surface area contributed by atoms with Crippen LogP contribution in [0.1, 0.15) is 37.7 Å². The minimum atomic E-state index is -3.67. The number of amides is 1. The Balaban J connectivity index is 1.41. The summed E-state index contributed by atoms with van der Waals surface area (Å²) in [5, 5.41) is 2.82. The molecular weight excluding hydrogens is 474 g/mol. The van der Waals surface area contributed by atoms with E-state index in [9.17, 15) is 21.6 Å². The number of rotatable bonds is 6. The fourth-order valence-corrected chi connectivity index (χ4v) is 7.48. The third-order valence-corrected chi connectivity index (χ3v) is 10.3. The maximum Gasteiger partial charge on any atom is 0.243 e. The summed E-state index contributed by atoms with van der Waals surface area (Å²) in [5.41, 5.74) is 1.46. The van der Waals surface area contributed by atoms with E-state index < -0.39 is 26.0 Å². The Bertz CT molecular complexity index is 1220. The monoisotopic (exact) mass is 505 g/mol. The van der Waals surface area contributed by atoms with Gasteiger partial charge in [0.05, 0.1) is 15.7 Å². The fraction of sp³-hybridized carbons (Fsp3) is 0.458. The van der Waals surface area contributed by atoms with Crippen LogP contribution in [0.5, 0.6) is 0 Å². The second-order valence-corrected chi connectivity index (χ2v) is 12.9. The molecule has 2 aromatic carbocycles. The average Bonchev–Trinajstić information content (AvgIpc) is 2.85. The van der Waals surface area contributed by atoms with Crippen molar-refractivity contribution in [3.63, 3.8) is 0 Å². The molecule has 34 heavy (non-hydrogen) atoms. The fourth-order valence-electron chi connectivity index (χ4n) is 4.44. The number of nitrogens with zero attached hydrogens (tertiary/aromatic N) is 2. The Labute approximate surface area is 202 Å². The van der Waals surface area contributed by atoms with E-state index in [-0.39, 0.29) is 22.2 Å². The molecule has 0 saturated carbocycles. The third-order valence-electron chi connectivity index (χ3n) is 6.49. The smallest absolute Gasteiger partial charge is 0.243 e. The van der Waals surface area contributed by atoms with E-state index in [2.05, 4.69) is 5.32 Å². The second-order valence-electron chi connectivity index (χ2n) is 8.99. The lowest BCUT2D eigenvalue weighted by Crippen LogP contribution is -2.43. The molecule has 0 radical (unpaired) electrons. The van der Waals surface area contributed by atoms with Crippen molar-refractivity contribution in [2.75, 3.05) is 31.5 Å². The summed E-state index contributed by atoms with van der Waals surface area (Å²) in [6, 6.07) is 12.9. The van der Waals surface area contributed by atoms with Crippen LogP contribution in [0.25, 0.3) is 0 Å². The largest absolute Gasteiger partial charge is 0.326 e. The summed E-state index contributed by atoms with van der Waals surface area (Å²) in [6.07, 6.45) is 3.96. The van der Waals surface area contributed by atoms with Crippen LogP contribution in [0.2, 0.25) is 0 Å². The van der Waals surface area contributed by atoms with Gasteiger partial charge in [0.2, 0.25) is 26.0 Å². The van der Waals surface area contributed by atoms with Gasteiger partial charge in [0.15, 0.2) is 0 Å². The van der Waals surface area contributed by atoms with Gasteiger partial charge >= 0.3 is 0 Å². The van der Waals surface area contributed by atoms with Crippen LogP contribution in [0.15, 0.2) is 58.3 Å². The molecule has 184 valence electrons. The number of sulfonamides is 2. The summed E-state index contributed by atoms with van der Waals surface area (Å²) in [7, 11) is -7.20. The molecule has 0 unspecified atom stereocenters. The first-order valence-electron chi connectivity index (χ1n) is 11.7. The molecule has 1 amide bonds. The number of anilines is 1. The first kappa shape index (κ1) is 24.8. The molecule has 0 aliphatic carbocycles. The molecule has 2 aromatic rings. The Morgan fingerprint density at radius 3 is 1.91 bits per heavy atom. The van der Waals surface area contributed by atoms with Crippen molar-refractivity contribution in [1.29, 1.82) is 0 Å². The van der Waals surface area contributed by atoms with Gasteiger partial charge in [-0.25, -0.2) is 16.8 Å². The van der Waals surface area contributed by atoms with Crippen LogP contribution in [0.3, 0.4) is 0 Å². The molecule has 10 heteroatoms. The van der Waals surface area contributed by atoms with Gasteiger partial charge in [-0.1, -0.05) is 24.1 Å².